The van der Waals surface area contributed by atoms with E-state index in [-0.39, 0.29) is 0 Å². The Labute approximate surface area is 150 Å². The Hall–Kier alpha value is -1.53. The summed E-state index contributed by atoms with van der Waals surface area (Å²) < 4.78 is 6.64. The van der Waals surface area contributed by atoms with Crippen molar-refractivity contribution in [1.82, 2.24) is 4.98 Å². The lowest BCUT2D eigenvalue weighted by Gasteiger charge is -2.06. The zero-order valence-corrected chi connectivity index (χ0v) is 15.4. The van der Waals surface area contributed by atoms with Crippen molar-refractivity contribution < 1.29 is 4.74 Å². The molecule has 0 aliphatic heterocycles. The number of aryl methyl sites for hydroxylation is 1. The number of H-pyrrole nitrogens is 1. The van der Waals surface area contributed by atoms with Crippen LogP contribution in [0.1, 0.15) is 18.4 Å². The van der Waals surface area contributed by atoms with Gasteiger partial charge in [-0.3, -0.25) is 0 Å². The van der Waals surface area contributed by atoms with Crippen LogP contribution in [0.3, 0.4) is 0 Å². The van der Waals surface area contributed by atoms with Gasteiger partial charge in [-0.15, -0.1) is 0 Å². The van der Waals surface area contributed by atoms with Crippen molar-refractivity contribution in [3.8, 4) is 17.0 Å². The maximum absolute atomic E-state index is 5.66. The van der Waals surface area contributed by atoms with Gasteiger partial charge in [0.25, 0.3) is 0 Å². The molecular weight excluding hydrogens is 399 g/mol. The van der Waals surface area contributed by atoms with Crippen molar-refractivity contribution in [2.75, 3.05) is 13.7 Å². The molecule has 2 aromatic carbocycles. The van der Waals surface area contributed by atoms with Crippen molar-refractivity contribution in [1.29, 1.82) is 0 Å². The number of hydrogen-bond donors (Lipinski definition) is 2. The van der Waals surface area contributed by atoms with Gasteiger partial charge >= 0.3 is 0 Å². The molecule has 0 unspecified atom stereocenters. The molecule has 0 amide bonds. The van der Waals surface area contributed by atoms with E-state index in [4.69, 9.17) is 10.5 Å². The molecule has 1 heterocycles. The number of methoxy groups -OCH3 is 1. The molecule has 3 rings (SSSR count). The minimum Gasteiger partial charge on any atom is -0.497 e. The smallest absolute Gasteiger partial charge is 0.119 e. The number of unbranched alkanes of at least 4 members (excludes halogenated alkanes) is 1. The second-order valence-electron chi connectivity index (χ2n) is 5.64. The number of ether oxygens (including phenoxy) is 1. The Morgan fingerprint density at radius 2 is 1.87 bits per heavy atom. The van der Waals surface area contributed by atoms with Gasteiger partial charge in [0.2, 0.25) is 0 Å². The number of aromatic amines is 1. The first-order valence-corrected chi connectivity index (χ1v) is 8.95. The van der Waals surface area contributed by atoms with Crippen LogP contribution in [0, 0.1) is 3.57 Å². The normalized spacial score (nSPS) is 11.1. The summed E-state index contributed by atoms with van der Waals surface area (Å²) in [5.74, 6) is 0.894. The van der Waals surface area contributed by atoms with E-state index in [0.717, 1.165) is 37.1 Å². The summed E-state index contributed by atoms with van der Waals surface area (Å²) in [6, 6.07) is 14.9. The first kappa shape index (κ1) is 16.3. The molecule has 3 N–H and O–H groups in total. The quantitative estimate of drug-likeness (QED) is 0.448. The Kier molecular flexibility index (Phi) is 5.23. The van der Waals surface area contributed by atoms with E-state index < -0.39 is 0 Å². The van der Waals surface area contributed by atoms with Crippen molar-refractivity contribution in [3.63, 3.8) is 0 Å². The highest BCUT2D eigenvalue weighted by atomic mass is 127. The van der Waals surface area contributed by atoms with E-state index in [2.05, 4.69) is 64.0 Å². The molecule has 23 heavy (non-hydrogen) atoms. The molecule has 0 atom stereocenters. The molecule has 0 saturated heterocycles. The number of hydrogen-bond acceptors (Lipinski definition) is 2. The fourth-order valence-electron chi connectivity index (χ4n) is 2.92. The summed E-state index contributed by atoms with van der Waals surface area (Å²) in [6.07, 6.45) is 3.16. The molecule has 0 aliphatic carbocycles. The van der Waals surface area contributed by atoms with Crippen LogP contribution in [0.25, 0.3) is 22.2 Å². The van der Waals surface area contributed by atoms with Gasteiger partial charge in [0.1, 0.15) is 5.75 Å². The molecule has 3 nitrogen and oxygen atoms in total. The van der Waals surface area contributed by atoms with Gasteiger partial charge in [-0.25, -0.2) is 0 Å². The molecular formula is C19H21IN2O. The van der Waals surface area contributed by atoms with Gasteiger partial charge < -0.3 is 15.5 Å². The molecule has 0 spiro atoms. The zero-order valence-electron chi connectivity index (χ0n) is 13.2. The third-order valence-corrected chi connectivity index (χ3v) is 4.85. The van der Waals surface area contributed by atoms with Crippen LogP contribution < -0.4 is 10.5 Å². The molecule has 0 radical (unpaired) electrons. The number of halogens is 1. The summed E-state index contributed by atoms with van der Waals surface area (Å²) in [5.41, 5.74) is 10.6. The van der Waals surface area contributed by atoms with Crippen LogP contribution in [-0.2, 0) is 6.42 Å². The van der Waals surface area contributed by atoms with Crippen LogP contribution in [0.2, 0.25) is 0 Å². The summed E-state index contributed by atoms with van der Waals surface area (Å²) in [6.45, 7) is 0.741. The Morgan fingerprint density at radius 3 is 2.57 bits per heavy atom. The third kappa shape index (κ3) is 3.53. The second-order valence-corrected chi connectivity index (χ2v) is 6.89. The van der Waals surface area contributed by atoms with E-state index in [1.54, 1.807) is 7.11 Å². The van der Waals surface area contributed by atoms with Gasteiger partial charge in [0.05, 0.1) is 7.11 Å². The molecule has 3 aromatic rings. The Balaban J connectivity index is 2.10. The fourth-order valence-corrected chi connectivity index (χ4v) is 3.28. The maximum atomic E-state index is 5.66. The number of rotatable bonds is 6. The number of nitrogens with two attached hydrogens (primary N) is 1. The topological polar surface area (TPSA) is 51.0 Å². The number of benzene rings is 2. The standard InChI is InChI=1S/C19H21IN2O/c1-23-15-9-10-18-17(12-15)16(4-2-3-11-21)19(22-18)13-5-7-14(20)8-6-13/h5-10,12,22H,2-4,11,21H2,1H3. The van der Waals surface area contributed by atoms with Gasteiger partial charge in [-0.1, -0.05) is 12.1 Å². The van der Waals surface area contributed by atoms with Crippen LogP contribution >= 0.6 is 22.6 Å². The molecule has 0 fully saturated rings. The lowest BCUT2D eigenvalue weighted by Crippen LogP contribution is -1.99. The molecule has 4 heteroatoms. The van der Waals surface area contributed by atoms with Crippen LogP contribution in [0.4, 0.5) is 0 Å². The van der Waals surface area contributed by atoms with E-state index in [1.807, 2.05) is 6.07 Å². The highest BCUT2D eigenvalue weighted by molar-refractivity contribution is 14.1. The van der Waals surface area contributed by atoms with Crippen LogP contribution in [-0.4, -0.2) is 18.6 Å². The van der Waals surface area contributed by atoms with Gasteiger partial charge in [0, 0.05) is 20.2 Å². The Morgan fingerprint density at radius 1 is 1.09 bits per heavy atom. The largest absolute Gasteiger partial charge is 0.497 e. The number of fused-ring (bicyclic) bond motifs is 1. The van der Waals surface area contributed by atoms with E-state index in [1.165, 1.54) is 25.8 Å². The van der Waals surface area contributed by atoms with Crippen molar-refractivity contribution in [3.05, 3.63) is 51.6 Å². The number of aromatic nitrogens is 1. The average molecular weight is 420 g/mol. The summed E-state index contributed by atoms with van der Waals surface area (Å²) >= 11 is 2.34. The molecule has 1 aromatic heterocycles. The highest BCUT2D eigenvalue weighted by Gasteiger charge is 2.13. The minimum atomic E-state index is 0.741. The fraction of sp³-hybridized carbons (Fsp3) is 0.263. The lowest BCUT2D eigenvalue weighted by molar-refractivity contribution is 0.415. The maximum Gasteiger partial charge on any atom is 0.119 e. The van der Waals surface area contributed by atoms with Gasteiger partial charge in [-0.2, -0.15) is 0 Å². The predicted molar refractivity (Wildman–Crippen MR) is 105 cm³/mol. The van der Waals surface area contributed by atoms with Crippen molar-refractivity contribution in [2.24, 2.45) is 5.73 Å². The second kappa shape index (κ2) is 7.36. The SMILES string of the molecule is COc1ccc2[nH]c(-c3ccc(I)cc3)c(CCCCN)c2c1. The third-order valence-electron chi connectivity index (χ3n) is 4.13. The van der Waals surface area contributed by atoms with Crippen LogP contribution in [0.15, 0.2) is 42.5 Å². The van der Waals surface area contributed by atoms with E-state index in [9.17, 15) is 0 Å². The van der Waals surface area contributed by atoms with E-state index in [0.29, 0.717) is 0 Å². The van der Waals surface area contributed by atoms with Crippen molar-refractivity contribution >= 4 is 33.5 Å². The molecule has 0 aliphatic rings. The summed E-state index contributed by atoms with van der Waals surface area (Å²) in [5, 5.41) is 1.25. The number of nitrogens with one attached hydrogen (secondary N) is 1. The molecule has 120 valence electrons. The Bertz CT molecular complexity index is 793. The first-order chi connectivity index (χ1) is 11.2. The summed E-state index contributed by atoms with van der Waals surface area (Å²) in [7, 11) is 1.71. The van der Waals surface area contributed by atoms with E-state index >= 15 is 0 Å². The summed E-state index contributed by atoms with van der Waals surface area (Å²) in [4.78, 5) is 3.59. The lowest BCUT2D eigenvalue weighted by atomic mass is 10.0. The minimum absolute atomic E-state index is 0.741. The molecule has 0 saturated carbocycles. The molecule has 0 bridgehead atoms. The average Bonchev–Trinajstić information content (AvgIpc) is 2.93. The van der Waals surface area contributed by atoms with Crippen molar-refractivity contribution in [2.45, 2.75) is 19.3 Å². The zero-order chi connectivity index (χ0) is 16.2. The monoisotopic (exact) mass is 420 g/mol. The van der Waals surface area contributed by atoms with Crippen LogP contribution in [0.5, 0.6) is 5.75 Å². The highest BCUT2D eigenvalue weighted by Crippen LogP contribution is 2.33. The predicted octanol–water partition coefficient (Wildman–Crippen LogP) is 4.73. The van der Waals surface area contributed by atoms with Gasteiger partial charge in [0.15, 0.2) is 0 Å². The van der Waals surface area contributed by atoms with Gasteiger partial charge in [-0.05, 0) is 89.9 Å². The first-order valence-electron chi connectivity index (χ1n) is 7.87.